The van der Waals surface area contributed by atoms with E-state index in [1.54, 1.807) is 4.68 Å². The molecule has 1 rings (SSSR count). The topological polar surface area (TPSA) is 29.9 Å². The van der Waals surface area contributed by atoms with Crippen LogP contribution in [-0.4, -0.2) is 22.5 Å². The normalized spacial score (nSPS) is 14.1. The molecule has 0 radical (unpaired) electrons. The van der Waals surface area contributed by atoms with Crippen LogP contribution in [0.25, 0.3) is 0 Å². The van der Waals surface area contributed by atoms with Gasteiger partial charge in [-0.25, -0.2) is 0 Å². The minimum atomic E-state index is -4.11. The maximum atomic E-state index is 12.0. The molecule has 0 saturated heterocycles. The fourth-order valence-electron chi connectivity index (χ4n) is 1.95. The van der Waals surface area contributed by atoms with Gasteiger partial charge in [-0.05, 0) is 20.8 Å². The van der Waals surface area contributed by atoms with Crippen LogP contribution in [0.4, 0.5) is 13.2 Å². The number of hydrogen-bond donors (Lipinski definition) is 1. The first-order valence-corrected chi connectivity index (χ1v) is 5.52. The molecule has 0 saturated carbocycles. The Kier molecular flexibility index (Phi) is 4.19. The van der Waals surface area contributed by atoms with Crippen molar-refractivity contribution in [3.8, 4) is 0 Å². The number of nitrogens with one attached hydrogen (secondary N) is 1. The number of halogens is 3. The van der Waals surface area contributed by atoms with E-state index in [0.29, 0.717) is 0 Å². The van der Waals surface area contributed by atoms with Gasteiger partial charge in [0.05, 0.1) is 12.1 Å². The summed E-state index contributed by atoms with van der Waals surface area (Å²) in [4.78, 5) is 0. The zero-order chi connectivity index (χ0) is 13.2. The fourth-order valence-corrected chi connectivity index (χ4v) is 1.95. The molecule has 1 unspecified atom stereocenters. The average molecular weight is 249 g/mol. The average Bonchev–Trinajstić information content (AvgIpc) is 2.38. The van der Waals surface area contributed by atoms with Gasteiger partial charge in [-0.15, -0.1) is 0 Å². The molecule has 0 aliphatic carbocycles. The molecule has 0 aromatic carbocycles. The predicted octanol–water partition coefficient (Wildman–Crippen LogP) is 2.64. The van der Waals surface area contributed by atoms with Crippen molar-refractivity contribution in [1.29, 1.82) is 0 Å². The molecule has 0 aliphatic heterocycles. The summed E-state index contributed by atoms with van der Waals surface area (Å²) in [6.07, 6.45) is -4.92. The molecule has 0 bridgehead atoms. The van der Waals surface area contributed by atoms with E-state index in [1.165, 1.54) is 0 Å². The van der Waals surface area contributed by atoms with Crippen molar-refractivity contribution < 1.29 is 13.2 Å². The molecule has 1 heterocycles. The highest BCUT2D eigenvalue weighted by atomic mass is 19.4. The Bertz CT molecular complexity index is 382. The van der Waals surface area contributed by atoms with Crippen molar-refractivity contribution in [3.63, 3.8) is 0 Å². The first-order valence-electron chi connectivity index (χ1n) is 5.52. The van der Waals surface area contributed by atoms with Crippen molar-refractivity contribution >= 4 is 0 Å². The third-order valence-electron chi connectivity index (χ3n) is 2.86. The quantitative estimate of drug-likeness (QED) is 0.889. The van der Waals surface area contributed by atoms with Gasteiger partial charge in [0, 0.05) is 30.9 Å². The third-order valence-corrected chi connectivity index (χ3v) is 2.86. The van der Waals surface area contributed by atoms with Crippen LogP contribution in [-0.2, 0) is 7.05 Å². The summed E-state index contributed by atoms with van der Waals surface area (Å²) < 4.78 is 37.8. The summed E-state index contributed by atoms with van der Waals surface area (Å²) in [6, 6.07) is -0.119. The Balaban J connectivity index is 2.61. The zero-order valence-corrected chi connectivity index (χ0v) is 10.5. The molecule has 1 aromatic rings. The second-order valence-corrected chi connectivity index (χ2v) is 4.25. The zero-order valence-electron chi connectivity index (χ0n) is 10.5. The molecule has 3 nitrogen and oxygen atoms in total. The van der Waals surface area contributed by atoms with Gasteiger partial charge in [0.1, 0.15) is 0 Å². The van der Waals surface area contributed by atoms with Gasteiger partial charge < -0.3 is 5.32 Å². The van der Waals surface area contributed by atoms with E-state index in [-0.39, 0.29) is 12.6 Å². The second-order valence-electron chi connectivity index (χ2n) is 4.25. The standard InChI is InChI=1S/C11H18F3N3/c1-7(15-6-5-11(12,13)14)10-8(2)16-17(4)9(10)3/h7,15H,5-6H2,1-4H3. The Morgan fingerprint density at radius 2 is 1.94 bits per heavy atom. The minimum Gasteiger partial charge on any atom is -0.310 e. The highest BCUT2D eigenvalue weighted by molar-refractivity contribution is 5.27. The van der Waals surface area contributed by atoms with Gasteiger partial charge in [-0.2, -0.15) is 18.3 Å². The van der Waals surface area contributed by atoms with Crippen LogP contribution in [0, 0.1) is 13.8 Å². The lowest BCUT2D eigenvalue weighted by molar-refractivity contribution is -0.133. The number of hydrogen-bond acceptors (Lipinski definition) is 2. The van der Waals surface area contributed by atoms with Gasteiger partial charge in [0.2, 0.25) is 0 Å². The summed E-state index contributed by atoms with van der Waals surface area (Å²) in [5, 5.41) is 7.12. The van der Waals surface area contributed by atoms with E-state index in [9.17, 15) is 13.2 Å². The van der Waals surface area contributed by atoms with Crippen LogP contribution in [0.2, 0.25) is 0 Å². The predicted molar refractivity (Wildman–Crippen MR) is 59.8 cm³/mol. The van der Waals surface area contributed by atoms with Gasteiger partial charge >= 0.3 is 6.18 Å². The second kappa shape index (κ2) is 5.08. The molecule has 1 N–H and O–H groups in total. The summed E-state index contributed by atoms with van der Waals surface area (Å²) in [7, 11) is 1.83. The molecule has 0 aliphatic rings. The number of aryl methyl sites for hydroxylation is 2. The third kappa shape index (κ3) is 3.73. The van der Waals surface area contributed by atoms with Crippen LogP contribution in [0.3, 0.4) is 0 Å². The van der Waals surface area contributed by atoms with E-state index < -0.39 is 12.6 Å². The highest BCUT2D eigenvalue weighted by Gasteiger charge is 2.26. The number of alkyl halides is 3. The molecule has 0 fully saturated rings. The maximum Gasteiger partial charge on any atom is 0.390 e. The molecule has 6 heteroatoms. The Hall–Kier alpha value is -1.04. The van der Waals surface area contributed by atoms with Crippen molar-refractivity contribution in [1.82, 2.24) is 15.1 Å². The van der Waals surface area contributed by atoms with Crippen LogP contribution in [0.5, 0.6) is 0 Å². The van der Waals surface area contributed by atoms with E-state index in [4.69, 9.17) is 0 Å². The molecule has 0 amide bonds. The summed E-state index contributed by atoms with van der Waals surface area (Å²) in [6.45, 7) is 5.56. The number of aromatic nitrogens is 2. The monoisotopic (exact) mass is 249 g/mol. The first kappa shape index (κ1) is 14.0. The smallest absolute Gasteiger partial charge is 0.310 e. The van der Waals surface area contributed by atoms with Gasteiger partial charge in [-0.1, -0.05) is 0 Å². The Morgan fingerprint density at radius 3 is 2.35 bits per heavy atom. The largest absolute Gasteiger partial charge is 0.390 e. The fraction of sp³-hybridized carbons (Fsp3) is 0.727. The molecule has 1 atom stereocenters. The maximum absolute atomic E-state index is 12.0. The minimum absolute atomic E-state index is 0.0710. The van der Waals surface area contributed by atoms with Crippen LogP contribution in [0.15, 0.2) is 0 Å². The SMILES string of the molecule is Cc1nn(C)c(C)c1C(C)NCCC(F)(F)F. The molecule has 98 valence electrons. The summed E-state index contributed by atoms with van der Waals surface area (Å²) >= 11 is 0. The van der Waals surface area contributed by atoms with E-state index in [0.717, 1.165) is 17.0 Å². The van der Waals surface area contributed by atoms with Crippen molar-refractivity contribution in [2.45, 2.75) is 39.4 Å². The Labute approximate surface area is 99.0 Å². The van der Waals surface area contributed by atoms with Crippen molar-refractivity contribution in [2.75, 3.05) is 6.54 Å². The lowest BCUT2D eigenvalue weighted by atomic mass is 10.1. The van der Waals surface area contributed by atoms with Gasteiger partial charge in [-0.3, -0.25) is 4.68 Å². The molecule has 0 spiro atoms. The molecular weight excluding hydrogens is 231 g/mol. The van der Waals surface area contributed by atoms with E-state index in [1.807, 2.05) is 27.8 Å². The lowest BCUT2D eigenvalue weighted by Gasteiger charge is -2.15. The molecule has 17 heavy (non-hydrogen) atoms. The molecule has 1 aromatic heterocycles. The summed E-state index contributed by atoms with van der Waals surface area (Å²) in [5.74, 6) is 0. The lowest BCUT2D eigenvalue weighted by Crippen LogP contribution is -2.25. The Morgan fingerprint density at radius 1 is 1.35 bits per heavy atom. The van der Waals surface area contributed by atoms with Crippen LogP contribution < -0.4 is 5.32 Å². The summed E-state index contributed by atoms with van der Waals surface area (Å²) in [5.41, 5.74) is 2.82. The number of rotatable bonds is 4. The highest BCUT2D eigenvalue weighted by Crippen LogP contribution is 2.22. The van der Waals surface area contributed by atoms with Gasteiger partial charge in [0.25, 0.3) is 0 Å². The van der Waals surface area contributed by atoms with Crippen LogP contribution >= 0.6 is 0 Å². The van der Waals surface area contributed by atoms with E-state index >= 15 is 0 Å². The van der Waals surface area contributed by atoms with E-state index in [2.05, 4.69) is 10.4 Å². The number of nitrogens with zero attached hydrogens (tertiary/aromatic N) is 2. The van der Waals surface area contributed by atoms with Crippen LogP contribution in [0.1, 0.15) is 36.3 Å². The van der Waals surface area contributed by atoms with Gasteiger partial charge in [0.15, 0.2) is 0 Å². The van der Waals surface area contributed by atoms with Crippen molar-refractivity contribution in [3.05, 3.63) is 17.0 Å². The van der Waals surface area contributed by atoms with Crippen molar-refractivity contribution in [2.24, 2.45) is 7.05 Å². The first-order chi connectivity index (χ1) is 7.72. The molecular formula is C11H18F3N3.